The van der Waals surface area contributed by atoms with Crippen molar-refractivity contribution in [2.75, 3.05) is 11.9 Å². The van der Waals surface area contributed by atoms with Gasteiger partial charge in [-0.1, -0.05) is 20.8 Å². The van der Waals surface area contributed by atoms with Gasteiger partial charge in [0, 0.05) is 23.8 Å². The molecule has 0 aromatic carbocycles. The van der Waals surface area contributed by atoms with Crippen molar-refractivity contribution in [1.82, 2.24) is 10.3 Å². The molecule has 1 amide bonds. The molecular weight excluding hydrogens is 238 g/mol. The summed E-state index contributed by atoms with van der Waals surface area (Å²) in [5.41, 5.74) is 1.54. The molecule has 1 atom stereocenters. The average molecular weight is 263 g/mol. The molecule has 106 valence electrons. The topological polar surface area (TPSA) is 54.0 Å². The highest BCUT2D eigenvalue weighted by Gasteiger charge is 2.22. The summed E-state index contributed by atoms with van der Waals surface area (Å²) in [7, 11) is 0. The van der Waals surface area contributed by atoms with Crippen molar-refractivity contribution in [3.05, 3.63) is 23.4 Å². The zero-order valence-electron chi connectivity index (χ0n) is 12.8. The van der Waals surface area contributed by atoms with E-state index in [1.807, 2.05) is 26.8 Å². The van der Waals surface area contributed by atoms with E-state index in [0.717, 1.165) is 18.1 Å². The van der Waals surface area contributed by atoms with Crippen LogP contribution in [0.2, 0.25) is 0 Å². The number of rotatable bonds is 4. The van der Waals surface area contributed by atoms with Crippen LogP contribution in [0, 0.1) is 12.3 Å². The second-order valence-electron chi connectivity index (χ2n) is 5.97. The first-order valence-corrected chi connectivity index (χ1v) is 6.77. The van der Waals surface area contributed by atoms with Gasteiger partial charge in [0.15, 0.2) is 0 Å². The maximum absolute atomic E-state index is 12.2. The standard InChI is InChI=1S/C15H25N3O/c1-7-16-13-9-12(8-10(2)17-13)14(19)18-11(3)15(4,5)6/h8-9,11H,7H2,1-6H3,(H,16,17)(H,18,19). The van der Waals surface area contributed by atoms with Gasteiger partial charge >= 0.3 is 0 Å². The number of carbonyl (C=O) groups excluding carboxylic acids is 1. The van der Waals surface area contributed by atoms with Gasteiger partial charge in [-0.05, 0) is 38.3 Å². The minimum absolute atomic E-state index is 0.0439. The van der Waals surface area contributed by atoms with Crippen molar-refractivity contribution >= 4 is 11.7 Å². The van der Waals surface area contributed by atoms with Crippen LogP contribution in [0.25, 0.3) is 0 Å². The highest BCUT2D eigenvalue weighted by atomic mass is 16.1. The second kappa shape index (κ2) is 6.04. The van der Waals surface area contributed by atoms with Crippen LogP contribution in [-0.4, -0.2) is 23.5 Å². The molecule has 0 spiro atoms. The summed E-state index contributed by atoms with van der Waals surface area (Å²) in [6.45, 7) is 13.0. The van der Waals surface area contributed by atoms with Crippen LogP contribution in [0.5, 0.6) is 0 Å². The first-order chi connectivity index (χ1) is 8.74. The van der Waals surface area contributed by atoms with E-state index < -0.39 is 0 Å². The highest BCUT2D eigenvalue weighted by Crippen LogP contribution is 2.19. The van der Waals surface area contributed by atoms with E-state index in [0.29, 0.717) is 5.56 Å². The van der Waals surface area contributed by atoms with Gasteiger partial charge < -0.3 is 10.6 Å². The van der Waals surface area contributed by atoms with E-state index in [2.05, 4.69) is 36.4 Å². The maximum atomic E-state index is 12.2. The lowest BCUT2D eigenvalue weighted by atomic mass is 9.88. The van der Waals surface area contributed by atoms with Crippen LogP contribution < -0.4 is 10.6 Å². The number of aromatic nitrogens is 1. The van der Waals surface area contributed by atoms with Gasteiger partial charge in [0.05, 0.1) is 0 Å². The van der Waals surface area contributed by atoms with Gasteiger partial charge in [-0.15, -0.1) is 0 Å². The maximum Gasteiger partial charge on any atom is 0.251 e. The Kier molecular flexibility index (Phi) is 4.92. The summed E-state index contributed by atoms with van der Waals surface area (Å²) in [5.74, 6) is 0.697. The summed E-state index contributed by atoms with van der Waals surface area (Å²) in [6, 6.07) is 3.71. The van der Waals surface area contributed by atoms with Crippen LogP contribution in [0.1, 0.15) is 50.7 Å². The summed E-state index contributed by atoms with van der Waals surface area (Å²) < 4.78 is 0. The lowest BCUT2D eigenvalue weighted by molar-refractivity contribution is 0.0910. The molecule has 1 aromatic rings. The molecule has 0 aliphatic carbocycles. The molecule has 1 rings (SSSR count). The second-order valence-corrected chi connectivity index (χ2v) is 5.97. The van der Waals surface area contributed by atoms with Crippen molar-refractivity contribution in [2.45, 2.75) is 47.6 Å². The third kappa shape index (κ3) is 4.54. The lowest BCUT2D eigenvalue weighted by Crippen LogP contribution is -2.41. The molecule has 19 heavy (non-hydrogen) atoms. The lowest BCUT2D eigenvalue weighted by Gasteiger charge is -2.28. The SMILES string of the molecule is CCNc1cc(C(=O)NC(C)C(C)(C)C)cc(C)n1. The Morgan fingerprint density at radius 1 is 1.37 bits per heavy atom. The van der Waals surface area contributed by atoms with E-state index in [4.69, 9.17) is 0 Å². The minimum Gasteiger partial charge on any atom is -0.370 e. The first kappa shape index (κ1) is 15.5. The van der Waals surface area contributed by atoms with Crippen molar-refractivity contribution in [1.29, 1.82) is 0 Å². The summed E-state index contributed by atoms with van der Waals surface area (Å²) in [6.07, 6.45) is 0. The van der Waals surface area contributed by atoms with Crippen molar-refractivity contribution in [2.24, 2.45) is 5.41 Å². The third-order valence-corrected chi connectivity index (χ3v) is 3.22. The van der Waals surface area contributed by atoms with Gasteiger partial charge in [0.2, 0.25) is 0 Å². The van der Waals surface area contributed by atoms with Gasteiger partial charge in [-0.25, -0.2) is 4.98 Å². The molecule has 0 saturated carbocycles. The fourth-order valence-corrected chi connectivity index (χ4v) is 1.57. The molecule has 0 fully saturated rings. The summed E-state index contributed by atoms with van der Waals surface area (Å²) in [5, 5.41) is 6.17. The monoisotopic (exact) mass is 263 g/mol. The molecule has 4 nitrogen and oxygen atoms in total. The van der Waals surface area contributed by atoms with Gasteiger partial charge in [0.1, 0.15) is 5.82 Å². The molecular formula is C15H25N3O. The minimum atomic E-state index is -0.0490. The predicted octanol–water partition coefficient (Wildman–Crippen LogP) is 2.99. The first-order valence-electron chi connectivity index (χ1n) is 6.77. The third-order valence-electron chi connectivity index (χ3n) is 3.22. The summed E-state index contributed by atoms with van der Waals surface area (Å²) >= 11 is 0. The number of carbonyl (C=O) groups is 1. The quantitative estimate of drug-likeness (QED) is 0.878. The van der Waals surface area contributed by atoms with Crippen LogP contribution in [0.4, 0.5) is 5.82 Å². The van der Waals surface area contributed by atoms with E-state index in [1.54, 1.807) is 6.07 Å². The molecule has 1 heterocycles. The predicted molar refractivity (Wildman–Crippen MR) is 79.5 cm³/mol. The number of nitrogens with zero attached hydrogens (tertiary/aromatic N) is 1. The molecule has 0 aliphatic heterocycles. The molecule has 2 N–H and O–H groups in total. The van der Waals surface area contributed by atoms with Crippen LogP contribution >= 0.6 is 0 Å². The number of pyridine rings is 1. The molecule has 0 bridgehead atoms. The Morgan fingerprint density at radius 3 is 2.53 bits per heavy atom. The van der Waals surface area contributed by atoms with E-state index in [9.17, 15) is 4.79 Å². The summed E-state index contributed by atoms with van der Waals surface area (Å²) in [4.78, 5) is 16.6. The molecule has 1 aromatic heterocycles. The van der Waals surface area contributed by atoms with E-state index >= 15 is 0 Å². The smallest absolute Gasteiger partial charge is 0.251 e. The Hall–Kier alpha value is -1.58. The van der Waals surface area contributed by atoms with Crippen LogP contribution in [0.3, 0.4) is 0 Å². The van der Waals surface area contributed by atoms with Gasteiger partial charge in [-0.2, -0.15) is 0 Å². The number of hydrogen-bond acceptors (Lipinski definition) is 3. The Morgan fingerprint density at radius 2 is 2.00 bits per heavy atom. The Labute approximate surface area is 116 Å². The molecule has 4 heteroatoms. The zero-order chi connectivity index (χ0) is 14.6. The fraction of sp³-hybridized carbons (Fsp3) is 0.600. The Bertz CT molecular complexity index is 449. The molecule has 0 aliphatic rings. The molecule has 0 radical (unpaired) electrons. The van der Waals surface area contributed by atoms with Gasteiger partial charge in [-0.3, -0.25) is 4.79 Å². The zero-order valence-corrected chi connectivity index (χ0v) is 12.8. The van der Waals surface area contributed by atoms with E-state index in [-0.39, 0.29) is 17.4 Å². The number of amides is 1. The number of hydrogen-bond donors (Lipinski definition) is 2. The number of anilines is 1. The van der Waals surface area contributed by atoms with Crippen LogP contribution in [0.15, 0.2) is 12.1 Å². The normalized spacial score (nSPS) is 12.9. The van der Waals surface area contributed by atoms with Crippen molar-refractivity contribution in [3.63, 3.8) is 0 Å². The van der Waals surface area contributed by atoms with Crippen molar-refractivity contribution in [3.8, 4) is 0 Å². The largest absolute Gasteiger partial charge is 0.370 e. The van der Waals surface area contributed by atoms with Crippen molar-refractivity contribution < 1.29 is 4.79 Å². The van der Waals surface area contributed by atoms with Gasteiger partial charge in [0.25, 0.3) is 5.91 Å². The Balaban J connectivity index is 2.88. The van der Waals surface area contributed by atoms with Crippen LogP contribution in [-0.2, 0) is 0 Å². The molecule has 1 unspecified atom stereocenters. The van der Waals surface area contributed by atoms with E-state index in [1.165, 1.54) is 0 Å². The number of nitrogens with one attached hydrogen (secondary N) is 2. The average Bonchev–Trinajstić information content (AvgIpc) is 2.27. The fourth-order valence-electron chi connectivity index (χ4n) is 1.57. The molecule has 0 saturated heterocycles. The highest BCUT2D eigenvalue weighted by molar-refractivity contribution is 5.95. The number of aryl methyl sites for hydroxylation is 1.